The Bertz CT molecular complexity index is 1410. The molecular formula is C20H16FN5O3S2. The van der Waals surface area contributed by atoms with Crippen LogP contribution in [0.5, 0.6) is 0 Å². The topological polar surface area (TPSA) is 98.9 Å². The van der Waals surface area contributed by atoms with Crippen molar-refractivity contribution in [3.63, 3.8) is 0 Å². The molecule has 4 rings (SSSR count). The van der Waals surface area contributed by atoms with Gasteiger partial charge in [0.2, 0.25) is 5.91 Å². The molecule has 4 aromatic rings. The van der Waals surface area contributed by atoms with E-state index in [1.165, 1.54) is 48.2 Å². The zero-order valence-corrected chi connectivity index (χ0v) is 18.1. The minimum Gasteiger partial charge on any atom is -0.323 e. The SMILES string of the molecule is Cn1c(=O)c2c(SCC(=O)Nc3ccccc3F)nc(-c3cccs3)nc2n(C)c1=O. The molecule has 0 unspecified atom stereocenters. The van der Waals surface area contributed by atoms with Crippen LogP contribution in [0.25, 0.3) is 21.7 Å². The van der Waals surface area contributed by atoms with Crippen molar-refractivity contribution in [1.29, 1.82) is 0 Å². The maximum absolute atomic E-state index is 13.8. The minimum atomic E-state index is -0.548. The number of aromatic nitrogens is 4. The summed E-state index contributed by atoms with van der Waals surface area (Å²) in [5.41, 5.74) is -0.809. The maximum Gasteiger partial charge on any atom is 0.332 e. The van der Waals surface area contributed by atoms with Crippen LogP contribution in [0.3, 0.4) is 0 Å². The number of carbonyl (C=O) groups is 1. The summed E-state index contributed by atoms with van der Waals surface area (Å²) in [7, 11) is 2.89. The normalized spacial score (nSPS) is 11.1. The van der Waals surface area contributed by atoms with E-state index >= 15 is 0 Å². The average molecular weight is 458 g/mol. The highest BCUT2D eigenvalue weighted by molar-refractivity contribution is 8.00. The molecule has 11 heteroatoms. The molecule has 0 aliphatic carbocycles. The van der Waals surface area contributed by atoms with Gasteiger partial charge < -0.3 is 5.32 Å². The fraction of sp³-hybridized carbons (Fsp3) is 0.150. The predicted molar refractivity (Wildman–Crippen MR) is 119 cm³/mol. The van der Waals surface area contributed by atoms with E-state index in [2.05, 4.69) is 15.3 Å². The van der Waals surface area contributed by atoms with Crippen LogP contribution in [-0.2, 0) is 18.9 Å². The molecule has 1 aromatic carbocycles. The van der Waals surface area contributed by atoms with Gasteiger partial charge >= 0.3 is 5.69 Å². The molecule has 0 saturated carbocycles. The number of benzene rings is 1. The Morgan fingerprint density at radius 2 is 1.90 bits per heavy atom. The summed E-state index contributed by atoms with van der Waals surface area (Å²) in [5, 5.41) is 4.78. The number of thiophene rings is 1. The highest BCUT2D eigenvalue weighted by Gasteiger charge is 2.19. The van der Waals surface area contributed by atoms with Crippen molar-refractivity contribution >= 4 is 45.7 Å². The number of aryl methyl sites for hydroxylation is 1. The number of rotatable bonds is 5. The average Bonchev–Trinajstić information content (AvgIpc) is 3.31. The largest absolute Gasteiger partial charge is 0.332 e. The summed E-state index contributed by atoms with van der Waals surface area (Å²) in [6.07, 6.45) is 0. The van der Waals surface area contributed by atoms with Gasteiger partial charge in [0.05, 0.1) is 16.3 Å². The summed E-state index contributed by atoms with van der Waals surface area (Å²) in [6, 6.07) is 9.51. The number of para-hydroxylation sites is 1. The summed E-state index contributed by atoms with van der Waals surface area (Å²) >= 11 is 2.43. The lowest BCUT2D eigenvalue weighted by molar-refractivity contribution is -0.113. The number of anilines is 1. The number of amides is 1. The molecule has 31 heavy (non-hydrogen) atoms. The van der Waals surface area contributed by atoms with Gasteiger partial charge in [-0.05, 0) is 23.6 Å². The summed E-state index contributed by atoms with van der Waals surface area (Å²) in [5.74, 6) is -0.766. The van der Waals surface area contributed by atoms with Gasteiger partial charge in [0.15, 0.2) is 11.5 Å². The van der Waals surface area contributed by atoms with E-state index in [1.807, 2.05) is 17.5 Å². The lowest BCUT2D eigenvalue weighted by Gasteiger charge is -2.11. The third kappa shape index (κ3) is 4.01. The number of nitrogens with one attached hydrogen (secondary N) is 1. The summed E-state index contributed by atoms with van der Waals surface area (Å²) in [6.45, 7) is 0. The molecule has 1 N–H and O–H groups in total. The van der Waals surface area contributed by atoms with E-state index in [4.69, 9.17) is 0 Å². The number of hydrogen-bond donors (Lipinski definition) is 1. The van der Waals surface area contributed by atoms with Crippen molar-refractivity contribution in [3.05, 3.63) is 68.4 Å². The fourth-order valence-corrected chi connectivity index (χ4v) is 4.40. The molecular weight excluding hydrogens is 441 g/mol. The summed E-state index contributed by atoms with van der Waals surface area (Å²) < 4.78 is 16.0. The van der Waals surface area contributed by atoms with E-state index in [9.17, 15) is 18.8 Å². The molecule has 0 bridgehead atoms. The molecule has 158 valence electrons. The molecule has 3 aromatic heterocycles. The van der Waals surface area contributed by atoms with Crippen LogP contribution in [0.1, 0.15) is 0 Å². The van der Waals surface area contributed by atoms with E-state index in [-0.39, 0.29) is 27.5 Å². The third-order valence-electron chi connectivity index (χ3n) is 4.50. The number of nitrogens with zero attached hydrogens (tertiary/aromatic N) is 4. The van der Waals surface area contributed by atoms with Gasteiger partial charge in [-0.2, -0.15) is 0 Å². The van der Waals surface area contributed by atoms with Gasteiger partial charge in [-0.15, -0.1) is 11.3 Å². The first-order chi connectivity index (χ1) is 14.9. The van der Waals surface area contributed by atoms with Gasteiger partial charge in [-0.25, -0.2) is 19.2 Å². The van der Waals surface area contributed by atoms with Crippen LogP contribution in [0, 0.1) is 5.82 Å². The molecule has 0 saturated heterocycles. The first-order valence-electron chi connectivity index (χ1n) is 9.05. The van der Waals surface area contributed by atoms with Gasteiger partial charge in [0.1, 0.15) is 16.2 Å². The second kappa shape index (κ2) is 8.44. The van der Waals surface area contributed by atoms with Gasteiger partial charge in [0.25, 0.3) is 5.56 Å². The Kier molecular flexibility index (Phi) is 5.70. The van der Waals surface area contributed by atoms with Crippen LogP contribution in [-0.4, -0.2) is 30.8 Å². The lowest BCUT2D eigenvalue weighted by Crippen LogP contribution is -2.37. The van der Waals surface area contributed by atoms with E-state index in [0.717, 1.165) is 21.2 Å². The van der Waals surface area contributed by atoms with Gasteiger partial charge in [0, 0.05) is 14.1 Å². The zero-order chi connectivity index (χ0) is 22.1. The van der Waals surface area contributed by atoms with E-state index in [0.29, 0.717) is 5.82 Å². The Balaban J connectivity index is 1.75. The van der Waals surface area contributed by atoms with Crippen molar-refractivity contribution in [3.8, 4) is 10.7 Å². The van der Waals surface area contributed by atoms with Crippen molar-refractivity contribution in [2.75, 3.05) is 11.1 Å². The molecule has 8 nitrogen and oxygen atoms in total. The first-order valence-corrected chi connectivity index (χ1v) is 10.9. The van der Waals surface area contributed by atoms with Crippen molar-refractivity contribution in [1.82, 2.24) is 19.1 Å². The highest BCUT2D eigenvalue weighted by atomic mass is 32.2. The second-order valence-electron chi connectivity index (χ2n) is 6.55. The number of carbonyl (C=O) groups excluding carboxylic acids is 1. The molecule has 1 amide bonds. The smallest absolute Gasteiger partial charge is 0.323 e. The Hall–Kier alpha value is -3.31. The predicted octanol–water partition coefficient (Wildman–Crippen LogP) is 2.63. The molecule has 0 atom stereocenters. The number of thioether (sulfide) groups is 1. The number of hydrogen-bond acceptors (Lipinski definition) is 7. The van der Waals surface area contributed by atoms with Crippen LogP contribution in [0.2, 0.25) is 0 Å². The van der Waals surface area contributed by atoms with E-state index < -0.39 is 23.0 Å². The van der Waals surface area contributed by atoms with Crippen LogP contribution in [0.4, 0.5) is 10.1 Å². The van der Waals surface area contributed by atoms with Gasteiger partial charge in [-0.3, -0.25) is 18.7 Å². The van der Waals surface area contributed by atoms with Crippen LogP contribution < -0.4 is 16.6 Å². The fourth-order valence-electron chi connectivity index (χ4n) is 2.93. The molecule has 0 fully saturated rings. The molecule has 0 aliphatic rings. The molecule has 3 heterocycles. The van der Waals surface area contributed by atoms with Crippen LogP contribution in [0.15, 0.2) is 56.4 Å². The first kappa shape index (κ1) is 20.9. The molecule has 0 spiro atoms. The quantitative estimate of drug-likeness (QED) is 0.365. The number of halogens is 1. The zero-order valence-electron chi connectivity index (χ0n) is 16.5. The molecule has 0 radical (unpaired) electrons. The van der Waals surface area contributed by atoms with Crippen LogP contribution >= 0.6 is 23.1 Å². The highest BCUT2D eigenvalue weighted by Crippen LogP contribution is 2.28. The minimum absolute atomic E-state index is 0.0678. The molecule has 0 aliphatic heterocycles. The van der Waals surface area contributed by atoms with Crippen molar-refractivity contribution in [2.45, 2.75) is 5.03 Å². The number of fused-ring (bicyclic) bond motifs is 1. The Morgan fingerprint density at radius 1 is 1.13 bits per heavy atom. The summed E-state index contributed by atoms with van der Waals surface area (Å²) in [4.78, 5) is 47.2. The maximum atomic E-state index is 13.8. The van der Waals surface area contributed by atoms with Crippen molar-refractivity contribution in [2.24, 2.45) is 14.1 Å². The second-order valence-corrected chi connectivity index (χ2v) is 8.46. The monoisotopic (exact) mass is 457 g/mol. The Morgan fingerprint density at radius 3 is 2.61 bits per heavy atom. The van der Waals surface area contributed by atoms with E-state index in [1.54, 1.807) is 6.07 Å². The standard InChI is InChI=1S/C20H16FN5O3S2/c1-25-17-15(19(28)26(2)20(25)29)18(24-16(23-17)13-8-5-9-30-13)31-10-14(27)22-12-7-4-3-6-11(12)21/h3-9H,10H2,1-2H3,(H,22,27). The van der Waals surface area contributed by atoms with Crippen molar-refractivity contribution < 1.29 is 9.18 Å². The third-order valence-corrected chi connectivity index (χ3v) is 6.34. The Labute approximate surface area is 183 Å². The lowest BCUT2D eigenvalue weighted by atomic mass is 10.3. The van der Waals surface area contributed by atoms with Gasteiger partial charge in [-0.1, -0.05) is 30.0 Å².